The minimum Gasteiger partial charge on any atom is -0.354 e. The van der Waals surface area contributed by atoms with Crippen molar-refractivity contribution >= 4 is 26.8 Å². The highest BCUT2D eigenvalue weighted by Crippen LogP contribution is 2.38. The average Bonchev–Trinajstić information content (AvgIpc) is 2.96. The predicted octanol–water partition coefficient (Wildman–Crippen LogP) is 6.57. The van der Waals surface area contributed by atoms with Gasteiger partial charge in [-0.3, -0.25) is 0 Å². The second kappa shape index (κ2) is 5.71. The van der Waals surface area contributed by atoms with Crippen LogP contribution in [-0.4, -0.2) is 4.98 Å². The first kappa shape index (κ1) is 14.3. The smallest absolute Gasteiger partial charge is 0.0544 e. The second-order valence-corrected chi connectivity index (χ2v) is 6.71. The zero-order valence-corrected chi connectivity index (χ0v) is 14.4. The van der Waals surface area contributed by atoms with E-state index < -0.39 is 0 Å². The summed E-state index contributed by atoms with van der Waals surface area (Å²) in [6, 6.07) is 25.7. The van der Waals surface area contributed by atoms with Crippen molar-refractivity contribution in [2.75, 3.05) is 0 Å². The van der Waals surface area contributed by atoms with E-state index in [1.807, 2.05) is 0 Å². The Hall–Kier alpha value is -2.32. The maximum Gasteiger partial charge on any atom is 0.0544 e. The minimum absolute atomic E-state index is 1.09. The van der Waals surface area contributed by atoms with Gasteiger partial charge in [0, 0.05) is 20.9 Å². The molecule has 0 unspecified atom stereocenters. The van der Waals surface area contributed by atoms with Crippen LogP contribution in [0, 0.1) is 6.92 Å². The molecule has 4 aromatic rings. The second-order valence-electron chi connectivity index (χ2n) is 5.79. The molecule has 0 atom stereocenters. The molecule has 0 fully saturated rings. The molecule has 3 aromatic carbocycles. The third-order valence-electron chi connectivity index (χ3n) is 4.18. The molecule has 0 spiro atoms. The first-order valence-corrected chi connectivity index (χ1v) is 8.45. The molecule has 1 aromatic heterocycles. The molecule has 1 N–H and O–H groups in total. The van der Waals surface area contributed by atoms with Crippen LogP contribution in [0.3, 0.4) is 0 Å². The Balaban J connectivity index is 2.01. The number of hydrogen-bond donors (Lipinski definition) is 1. The molecule has 0 radical (unpaired) electrons. The molecule has 0 saturated heterocycles. The van der Waals surface area contributed by atoms with Gasteiger partial charge in [-0.05, 0) is 36.2 Å². The molecule has 112 valence electrons. The number of rotatable bonds is 2. The quantitative estimate of drug-likeness (QED) is 0.415. The van der Waals surface area contributed by atoms with E-state index in [-0.39, 0.29) is 0 Å². The topological polar surface area (TPSA) is 15.8 Å². The molecule has 1 heterocycles. The zero-order chi connectivity index (χ0) is 15.8. The number of nitrogens with one attached hydrogen (secondary N) is 1. The van der Waals surface area contributed by atoms with Gasteiger partial charge in [-0.15, -0.1) is 0 Å². The van der Waals surface area contributed by atoms with Crippen molar-refractivity contribution in [3.05, 3.63) is 82.8 Å². The van der Waals surface area contributed by atoms with E-state index in [1.165, 1.54) is 38.9 Å². The predicted molar refractivity (Wildman–Crippen MR) is 102 cm³/mol. The summed E-state index contributed by atoms with van der Waals surface area (Å²) >= 11 is 3.51. The summed E-state index contributed by atoms with van der Waals surface area (Å²) < 4.78 is 1.09. The van der Waals surface area contributed by atoms with E-state index in [2.05, 4.69) is 101 Å². The molecule has 0 aliphatic carbocycles. The van der Waals surface area contributed by atoms with Crippen molar-refractivity contribution < 1.29 is 0 Å². The Morgan fingerprint density at radius 1 is 0.739 bits per heavy atom. The number of benzene rings is 3. The van der Waals surface area contributed by atoms with Crippen molar-refractivity contribution in [2.45, 2.75) is 6.92 Å². The number of aryl methyl sites for hydroxylation is 1. The van der Waals surface area contributed by atoms with E-state index >= 15 is 0 Å². The highest BCUT2D eigenvalue weighted by molar-refractivity contribution is 9.10. The first-order valence-electron chi connectivity index (χ1n) is 7.66. The standard InChI is InChI=1S/C21H16BrN/c1-14-6-8-15(9-7-14)20-18-4-2-3-5-19(18)23-21(20)16-10-12-17(22)13-11-16/h2-13,23H,1H3. The molecule has 23 heavy (non-hydrogen) atoms. The summed E-state index contributed by atoms with van der Waals surface area (Å²) in [5, 5.41) is 1.26. The van der Waals surface area contributed by atoms with E-state index in [0.29, 0.717) is 0 Å². The van der Waals surface area contributed by atoms with Crippen LogP contribution in [0.5, 0.6) is 0 Å². The monoisotopic (exact) mass is 361 g/mol. The van der Waals surface area contributed by atoms with Crippen molar-refractivity contribution in [3.8, 4) is 22.4 Å². The SMILES string of the molecule is Cc1ccc(-c2c(-c3ccc(Br)cc3)[nH]c3ccccc23)cc1. The number of halogens is 1. The van der Waals surface area contributed by atoms with Crippen LogP contribution in [0.25, 0.3) is 33.3 Å². The number of fused-ring (bicyclic) bond motifs is 1. The van der Waals surface area contributed by atoms with Gasteiger partial charge in [-0.25, -0.2) is 0 Å². The van der Waals surface area contributed by atoms with Gasteiger partial charge >= 0.3 is 0 Å². The van der Waals surface area contributed by atoms with Gasteiger partial charge in [-0.2, -0.15) is 0 Å². The number of aromatic nitrogens is 1. The van der Waals surface area contributed by atoms with E-state index in [4.69, 9.17) is 0 Å². The normalized spacial score (nSPS) is 11.0. The Bertz CT molecular complexity index is 963. The van der Waals surface area contributed by atoms with E-state index in [0.717, 1.165) is 4.47 Å². The number of H-pyrrole nitrogens is 1. The lowest BCUT2D eigenvalue weighted by Gasteiger charge is -2.06. The molecule has 4 rings (SSSR count). The van der Waals surface area contributed by atoms with Crippen LogP contribution < -0.4 is 0 Å². The van der Waals surface area contributed by atoms with Crippen molar-refractivity contribution in [1.29, 1.82) is 0 Å². The molecule has 0 aliphatic rings. The van der Waals surface area contributed by atoms with Gasteiger partial charge in [0.05, 0.1) is 5.69 Å². The Labute approximate surface area is 144 Å². The van der Waals surface area contributed by atoms with E-state index in [1.54, 1.807) is 0 Å². The Morgan fingerprint density at radius 2 is 1.39 bits per heavy atom. The maximum absolute atomic E-state index is 3.60. The van der Waals surface area contributed by atoms with Crippen molar-refractivity contribution in [1.82, 2.24) is 4.98 Å². The average molecular weight is 362 g/mol. The number of aromatic amines is 1. The van der Waals surface area contributed by atoms with Gasteiger partial charge in [-0.1, -0.05) is 76.1 Å². The summed E-state index contributed by atoms with van der Waals surface area (Å²) in [7, 11) is 0. The van der Waals surface area contributed by atoms with E-state index in [9.17, 15) is 0 Å². The fourth-order valence-corrected chi connectivity index (χ4v) is 3.26. The highest BCUT2D eigenvalue weighted by atomic mass is 79.9. The van der Waals surface area contributed by atoms with Crippen LogP contribution in [0.2, 0.25) is 0 Å². The van der Waals surface area contributed by atoms with Gasteiger partial charge < -0.3 is 4.98 Å². The summed E-state index contributed by atoms with van der Waals surface area (Å²) in [6.45, 7) is 2.12. The van der Waals surface area contributed by atoms with Gasteiger partial charge in [0.2, 0.25) is 0 Å². The van der Waals surface area contributed by atoms with Crippen molar-refractivity contribution in [3.63, 3.8) is 0 Å². The third-order valence-corrected chi connectivity index (χ3v) is 4.71. The van der Waals surface area contributed by atoms with Gasteiger partial charge in [0.25, 0.3) is 0 Å². The summed E-state index contributed by atoms with van der Waals surface area (Å²) in [6.07, 6.45) is 0. The molecular formula is C21H16BrN. The van der Waals surface area contributed by atoms with Crippen LogP contribution in [0.1, 0.15) is 5.56 Å². The van der Waals surface area contributed by atoms with Crippen LogP contribution in [0.15, 0.2) is 77.3 Å². The fraction of sp³-hybridized carbons (Fsp3) is 0.0476. The maximum atomic E-state index is 3.60. The molecule has 0 aliphatic heterocycles. The minimum atomic E-state index is 1.09. The number of para-hydroxylation sites is 1. The molecule has 0 saturated carbocycles. The molecule has 0 bridgehead atoms. The first-order chi connectivity index (χ1) is 11.2. The third kappa shape index (κ3) is 2.60. The lowest BCUT2D eigenvalue weighted by molar-refractivity contribution is 1.44. The van der Waals surface area contributed by atoms with Crippen molar-refractivity contribution in [2.24, 2.45) is 0 Å². The zero-order valence-electron chi connectivity index (χ0n) is 12.8. The van der Waals surface area contributed by atoms with Crippen LogP contribution >= 0.6 is 15.9 Å². The summed E-state index contributed by atoms with van der Waals surface area (Å²) in [5.41, 5.74) is 7.32. The van der Waals surface area contributed by atoms with Crippen LogP contribution in [-0.2, 0) is 0 Å². The van der Waals surface area contributed by atoms with Crippen LogP contribution in [0.4, 0.5) is 0 Å². The Morgan fingerprint density at radius 3 is 2.13 bits per heavy atom. The van der Waals surface area contributed by atoms with Gasteiger partial charge in [0.15, 0.2) is 0 Å². The largest absolute Gasteiger partial charge is 0.354 e. The lowest BCUT2D eigenvalue weighted by Crippen LogP contribution is -1.83. The molecular weight excluding hydrogens is 346 g/mol. The van der Waals surface area contributed by atoms with Gasteiger partial charge in [0.1, 0.15) is 0 Å². The molecule has 1 nitrogen and oxygen atoms in total. The molecule has 0 amide bonds. The summed E-state index contributed by atoms with van der Waals surface area (Å²) in [5.74, 6) is 0. The molecule has 2 heteroatoms. The number of hydrogen-bond acceptors (Lipinski definition) is 0. The highest BCUT2D eigenvalue weighted by Gasteiger charge is 2.14. The fourth-order valence-electron chi connectivity index (χ4n) is 3.00. The summed E-state index contributed by atoms with van der Waals surface area (Å²) in [4.78, 5) is 3.60. The Kier molecular flexibility index (Phi) is 3.55. The lowest BCUT2D eigenvalue weighted by atomic mass is 9.98.